The van der Waals surface area contributed by atoms with Gasteiger partial charge < -0.3 is 5.32 Å². The molecule has 30 heavy (non-hydrogen) atoms. The zero-order chi connectivity index (χ0) is 20.9. The predicted molar refractivity (Wildman–Crippen MR) is 118 cm³/mol. The van der Waals surface area contributed by atoms with E-state index in [-0.39, 0.29) is 12.1 Å². The zero-order valence-corrected chi connectivity index (χ0v) is 16.7. The number of aromatic amines is 1. The van der Waals surface area contributed by atoms with Crippen molar-refractivity contribution in [3.8, 4) is 22.4 Å². The Morgan fingerprint density at radius 2 is 1.47 bits per heavy atom. The molecule has 148 valence electrons. The van der Waals surface area contributed by atoms with E-state index in [0.717, 1.165) is 16.7 Å². The molecular formula is C24H18ClN3O2. The van der Waals surface area contributed by atoms with E-state index >= 15 is 0 Å². The summed E-state index contributed by atoms with van der Waals surface area (Å²) in [4.78, 5) is 25.8. The Labute approximate surface area is 178 Å². The number of halogens is 1. The molecule has 0 bridgehead atoms. The van der Waals surface area contributed by atoms with Gasteiger partial charge in [-0.3, -0.25) is 9.59 Å². The van der Waals surface area contributed by atoms with Gasteiger partial charge in [0.2, 0.25) is 0 Å². The van der Waals surface area contributed by atoms with Gasteiger partial charge in [0.15, 0.2) is 0 Å². The molecule has 1 heterocycles. The van der Waals surface area contributed by atoms with Crippen molar-refractivity contribution in [3.05, 3.63) is 111 Å². The number of nitrogens with zero attached hydrogens (tertiary/aromatic N) is 1. The van der Waals surface area contributed by atoms with Gasteiger partial charge in [0.25, 0.3) is 11.5 Å². The number of rotatable bonds is 5. The number of aromatic nitrogens is 2. The Kier molecular flexibility index (Phi) is 5.72. The van der Waals surface area contributed by atoms with Crippen molar-refractivity contribution in [2.75, 3.05) is 0 Å². The molecule has 0 spiro atoms. The molecule has 0 aliphatic heterocycles. The summed E-state index contributed by atoms with van der Waals surface area (Å²) >= 11 is 5.92. The molecular weight excluding hydrogens is 398 g/mol. The molecule has 4 aromatic rings. The fourth-order valence-corrected chi connectivity index (χ4v) is 3.36. The highest BCUT2D eigenvalue weighted by atomic mass is 35.5. The molecule has 4 rings (SSSR count). The summed E-state index contributed by atoms with van der Waals surface area (Å²) in [6.07, 6.45) is 0. The summed E-state index contributed by atoms with van der Waals surface area (Å²) in [7, 11) is 0. The molecule has 0 radical (unpaired) electrons. The quantitative estimate of drug-likeness (QED) is 0.496. The van der Waals surface area contributed by atoms with Crippen LogP contribution in [0, 0.1) is 0 Å². The highest BCUT2D eigenvalue weighted by Crippen LogP contribution is 2.31. The molecule has 3 aromatic carbocycles. The van der Waals surface area contributed by atoms with Crippen LogP contribution in [0.3, 0.4) is 0 Å². The van der Waals surface area contributed by atoms with Crippen LogP contribution in [-0.4, -0.2) is 16.1 Å². The van der Waals surface area contributed by atoms with Crippen molar-refractivity contribution in [3.63, 3.8) is 0 Å². The van der Waals surface area contributed by atoms with E-state index in [9.17, 15) is 9.59 Å². The maximum absolute atomic E-state index is 13.1. The monoisotopic (exact) mass is 415 g/mol. The van der Waals surface area contributed by atoms with Crippen molar-refractivity contribution in [1.82, 2.24) is 15.5 Å². The summed E-state index contributed by atoms with van der Waals surface area (Å²) in [5.74, 6) is -0.468. The fourth-order valence-electron chi connectivity index (χ4n) is 3.23. The number of benzene rings is 3. The van der Waals surface area contributed by atoms with Crippen LogP contribution in [0.2, 0.25) is 5.02 Å². The Bertz CT molecular complexity index is 1220. The van der Waals surface area contributed by atoms with Crippen LogP contribution in [0.15, 0.2) is 89.7 Å². The number of amides is 1. The molecule has 0 atom stereocenters. The summed E-state index contributed by atoms with van der Waals surface area (Å²) in [6, 6.07) is 25.9. The smallest absolute Gasteiger partial charge is 0.277 e. The average Bonchev–Trinajstić information content (AvgIpc) is 2.79. The molecule has 0 unspecified atom stereocenters. The molecule has 5 nitrogen and oxygen atoms in total. The summed E-state index contributed by atoms with van der Waals surface area (Å²) in [5.41, 5.74) is 2.96. The summed E-state index contributed by atoms with van der Waals surface area (Å²) < 4.78 is 0. The number of H-pyrrole nitrogens is 1. The van der Waals surface area contributed by atoms with Crippen LogP contribution in [0.25, 0.3) is 22.4 Å². The van der Waals surface area contributed by atoms with Crippen LogP contribution in [0.4, 0.5) is 0 Å². The van der Waals surface area contributed by atoms with Gasteiger partial charge in [-0.1, -0.05) is 84.4 Å². The average molecular weight is 416 g/mol. The molecule has 1 aromatic heterocycles. The lowest BCUT2D eigenvalue weighted by Crippen LogP contribution is -2.31. The van der Waals surface area contributed by atoms with Crippen LogP contribution in [0.1, 0.15) is 15.9 Å². The van der Waals surface area contributed by atoms with Crippen molar-refractivity contribution in [1.29, 1.82) is 0 Å². The van der Waals surface area contributed by atoms with E-state index in [2.05, 4.69) is 15.5 Å². The lowest BCUT2D eigenvalue weighted by atomic mass is 9.95. The molecule has 0 fully saturated rings. The Hall–Kier alpha value is -3.70. The van der Waals surface area contributed by atoms with Gasteiger partial charge in [0.1, 0.15) is 5.56 Å². The van der Waals surface area contributed by atoms with Gasteiger partial charge in [0.05, 0.1) is 5.69 Å². The van der Waals surface area contributed by atoms with Gasteiger partial charge in [0, 0.05) is 22.7 Å². The first-order valence-electron chi connectivity index (χ1n) is 9.39. The van der Waals surface area contributed by atoms with Gasteiger partial charge in [-0.05, 0) is 23.3 Å². The molecule has 6 heteroatoms. The number of nitrogens with one attached hydrogen (secondary N) is 2. The number of hydrogen-bond donors (Lipinski definition) is 2. The zero-order valence-electron chi connectivity index (χ0n) is 15.9. The molecule has 0 saturated heterocycles. The predicted octanol–water partition coefficient (Wildman–Crippen LogP) is 4.69. The van der Waals surface area contributed by atoms with E-state index in [1.807, 2.05) is 72.8 Å². The Balaban J connectivity index is 1.79. The molecule has 0 aliphatic carbocycles. The normalized spacial score (nSPS) is 10.6. The SMILES string of the molecule is O=C(NCc1ccc(Cl)cc1)c1c(-c2ccccc2)c(-c2ccccc2)n[nH]c1=O. The van der Waals surface area contributed by atoms with E-state index in [0.29, 0.717) is 16.3 Å². The van der Waals surface area contributed by atoms with Gasteiger partial charge >= 0.3 is 0 Å². The third kappa shape index (κ3) is 4.16. The first-order valence-corrected chi connectivity index (χ1v) is 9.77. The van der Waals surface area contributed by atoms with Crippen LogP contribution in [-0.2, 0) is 6.54 Å². The first-order chi connectivity index (χ1) is 14.6. The summed E-state index contributed by atoms with van der Waals surface area (Å²) in [5, 5.41) is 10.2. The minimum absolute atomic E-state index is 0.0315. The number of carbonyl (C=O) groups excluding carboxylic acids is 1. The second-order valence-corrected chi connectivity index (χ2v) is 7.13. The molecule has 1 amide bonds. The summed E-state index contributed by atoms with van der Waals surface area (Å²) in [6.45, 7) is 0.271. The second kappa shape index (κ2) is 8.76. The van der Waals surface area contributed by atoms with Crippen LogP contribution in [0.5, 0.6) is 0 Å². The topological polar surface area (TPSA) is 74.8 Å². The van der Waals surface area contributed by atoms with E-state index in [1.54, 1.807) is 12.1 Å². The maximum atomic E-state index is 13.1. The van der Waals surface area contributed by atoms with E-state index in [4.69, 9.17) is 11.6 Å². The standard InChI is InChI=1S/C24H18ClN3O2/c25-19-13-11-16(12-14-19)15-26-23(29)21-20(17-7-3-1-4-8-17)22(27-28-24(21)30)18-9-5-2-6-10-18/h1-14H,15H2,(H,26,29)(H,28,30). The highest BCUT2D eigenvalue weighted by Gasteiger charge is 2.22. The second-order valence-electron chi connectivity index (χ2n) is 6.69. The highest BCUT2D eigenvalue weighted by molar-refractivity contribution is 6.30. The minimum Gasteiger partial charge on any atom is -0.348 e. The first kappa shape index (κ1) is 19.6. The van der Waals surface area contributed by atoms with Crippen molar-refractivity contribution >= 4 is 17.5 Å². The van der Waals surface area contributed by atoms with Crippen molar-refractivity contribution in [2.45, 2.75) is 6.54 Å². The Morgan fingerprint density at radius 3 is 2.10 bits per heavy atom. The number of carbonyl (C=O) groups is 1. The third-order valence-corrected chi connectivity index (χ3v) is 4.94. The fraction of sp³-hybridized carbons (Fsp3) is 0.0417. The van der Waals surface area contributed by atoms with E-state index in [1.165, 1.54) is 0 Å². The van der Waals surface area contributed by atoms with Gasteiger partial charge in [-0.25, -0.2) is 5.10 Å². The molecule has 0 aliphatic rings. The Morgan fingerprint density at radius 1 is 0.867 bits per heavy atom. The lowest BCUT2D eigenvalue weighted by molar-refractivity contribution is 0.0950. The van der Waals surface area contributed by atoms with Crippen LogP contribution >= 0.6 is 11.6 Å². The van der Waals surface area contributed by atoms with Gasteiger partial charge in [-0.15, -0.1) is 0 Å². The van der Waals surface area contributed by atoms with Crippen LogP contribution < -0.4 is 10.9 Å². The largest absolute Gasteiger partial charge is 0.348 e. The maximum Gasteiger partial charge on any atom is 0.277 e. The van der Waals surface area contributed by atoms with Crippen molar-refractivity contribution in [2.24, 2.45) is 0 Å². The van der Waals surface area contributed by atoms with Crippen molar-refractivity contribution < 1.29 is 4.79 Å². The molecule has 2 N–H and O–H groups in total. The minimum atomic E-state index is -0.540. The van der Waals surface area contributed by atoms with Gasteiger partial charge in [-0.2, -0.15) is 5.10 Å². The van der Waals surface area contributed by atoms with E-state index < -0.39 is 11.5 Å². The number of hydrogen-bond acceptors (Lipinski definition) is 3. The third-order valence-electron chi connectivity index (χ3n) is 4.69. The lowest BCUT2D eigenvalue weighted by Gasteiger charge is -2.14. The molecule has 0 saturated carbocycles.